The van der Waals surface area contributed by atoms with Gasteiger partial charge in [0, 0.05) is 37.1 Å². The summed E-state index contributed by atoms with van der Waals surface area (Å²) in [4.78, 5) is 4.69. The molecule has 104 valence electrons. The molecule has 3 nitrogen and oxygen atoms in total. The Morgan fingerprint density at radius 1 is 1.32 bits per heavy atom. The first-order valence-electron chi connectivity index (χ1n) is 7.59. The lowest BCUT2D eigenvalue weighted by Crippen LogP contribution is -2.42. The minimum Gasteiger partial charge on any atom is -0.381 e. The Bertz CT molecular complexity index is 415. The summed E-state index contributed by atoms with van der Waals surface area (Å²) in [6, 6.07) is 4.88. The monoisotopic (exact) mass is 260 g/mol. The Labute approximate surface area is 115 Å². The van der Waals surface area contributed by atoms with Gasteiger partial charge in [-0.2, -0.15) is 0 Å². The standard InChI is InChI=1S/C16H24N2O/c1-17-15(13-7-10-19-11-8-13)14-6-2-4-12-5-3-9-18-16(12)14/h3,5,9,13-15,17H,2,4,6-8,10-11H2,1H3. The lowest BCUT2D eigenvalue weighted by atomic mass is 9.75. The highest BCUT2D eigenvalue weighted by atomic mass is 16.5. The molecule has 19 heavy (non-hydrogen) atoms. The first kappa shape index (κ1) is 13.1. The molecule has 2 heterocycles. The van der Waals surface area contributed by atoms with Crippen molar-refractivity contribution in [1.29, 1.82) is 0 Å². The SMILES string of the molecule is CNC(C1CCOCC1)C1CCCc2cccnc21. The van der Waals surface area contributed by atoms with Crippen molar-refractivity contribution in [3.8, 4) is 0 Å². The molecular formula is C16H24N2O. The van der Waals surface area contributed by atoms with Crippen LogP contribution in [0.3, 0.4) is 0 Å². The van der Waals surface area contributed by atoms with Crippen molar-refractivity contribution in [2.75, 3.05) is 20.3 Å². The zero-order valence-corrected chi connectivity index (χ0v) is 11.8. The van der Waals surface area contributed by atoms with Crippen LogP contribution in [0.5, 0.6) is 0 Å². The predicted molar refractivity (Wildman–Crippen MR) is 76.3 cm³/mol. The molecule has 3 rings (SSSR count). The van der Waals surface area contributed by atoms with Crippen molar-refractivity contribution in [3.63, 3.8) is 0 Å². The van der Waals surface area contributed by atoms with E-state index in [4.69, 9.17) is 9.72 Å². The Kier molecular flexibility index (Phi) is 4.14. The Hall–Kier alpha value is -0.930. The van der Waals surface area contributed by atoms with Gasteiger partial charge in [0.15, 0.2) is 0 Å². The van der Waals surface area contributed by atoms with Crippen molar-refractivity contribution in [2.45, 2.75) is 44.1 Å². The fourth-order valence-corrected chi connectivity index (χ4v) is 3.84. The Morgan fingerprint density at radius 3 is 2.95 bits per heavy atom. The van der Waals surface area contributed by atoms with Gasteiger partial charge in [-0.3, -0.25) is 4.98 Å². The van der Waals surface area contributed by atoms with Gasteiger partial charge in [-0.1, -0.05) is 6.07 Å². The van der Waals surface area contributed by atoms with Crippen LogP contribution in [0.4, 0.5) is 0 Å². The van der Waals surface area contributed by atoms with E-state index in [1.165, 1.54) is 43.4 Å². The summed E-state index contributed by atoms with van der Waals surface area (Å²) in [5.74, 6) is 1.31. The van der Waals surface area contributed by atoms with Crippen LogP contribution in [0, 0.1) is 5.92 Å². The first-order valence-corrected chi connectivity index (χ1v) is 7.59. The van der Waals surface area contributed by atoms with Gasteiger partial charge in [0.1, 0.15) is 0 Å². The van der Waals surface area contributed by atoms with Gasteiger partial charge in [0.2, 0.25) is 0 Å². The summed E-state index contributed by atoms with van der Waals surface area (Å²) in [7, 11) is 2.11. The third kappa shape index (κ3) is 2.67. The summed E-state index contributed by atoms with van der Waals surface area (Å²) >= 11 is 0. The maximum Gasteiger partial charge on any atom is 0.0482 e. The van der Waals surface area contributed by atoms with Crippen LogP contribution in [0.25, 0.3) is 0 Å². The van der Waals surface area contributed by atoms with Gasteiger partial charge >= 0.3 is 0 Å². The number of pyridine rings is 1. The first-order chi connectivity index (χ1) is 9.40. The van der Waals surface area contributed by atoms with Gasteiger partial charge in [0.05, 0.1) is 0 Å². The minimum atomic E-state index is 0.554. The number of ether oxygens (including phenoxy) is 1. The molecule has 1 fully saturated rings. The van der Waals surface area contributed by atoms with Crippen molar-refractivity contribution in [2.24, 2.45) is 5.92 Å². The number of hydrogen-bond acceptors (Lipinski definition) is 3. The van der Waals surface area contributed by atoms with Gasteiger partial charge in [-0.05, 0) is 56.7 Å². The molecule has 1 aliphatic heterocycles. The van der Waals surface area contributed by atoms with E-state index in [2.05, 4.69) is 24.5 Å². The quantitative estimate of drug-likeness (QED) is 0.907. The number of rotatable bonds is 3. The van der Waals surface area contributed by atoms with Gasteiger partial charge in [-0.25, -0.2) is 0 Å². The fraction of sp³-hybridized carbons (Fsp3) is 0.688. The number of nitrogens with zero attached hydrogens (tertiary/aromatic N) is 1. The maximum absolute atomic E-state index is 5.51. The highest BCUT2D eigenvalue weighted by Gasteiger charge is 2.33. The van der Waals surface area contributed by atoms with Crippen LogP contribution in [0.2, 0.25) is 0 Å². The van der Waals surface area contributed by atoms with E-state index >= 15 is 0 Å². The number of aryl methyl sites for hydroxylation is 1. The number of aromatic nitrogens is 1. The van der Waals surface area contributed by atoms with Crippen molar-refractivity contribution in [3.05, 3.63) is 29.6 Å². The van der Waals surface area contributed by atoms with Crippen LogP contribution >= 0.6 is 0 Å². The molecule has 2 aliphatic rings. The number of fused-ring (bicyclic) bond motifs is 1. The number of hydrogen-bond donors (Lipinski definition) is 1. The minimum absolute atomic E-state index is 0.554. The number of nitrogens with one attached hydrogen (secondary N) is 1. The second-order valence-corrected chi connectivity index (χ2v) is 5.81. The summed E-state index contributed by atoms with van der Waals surface area (Å²) < 4.78 is 5.51. The summed E-state index contributed by atoms with van der Waals surface area (Å²) in [6.07, 6.45) is 8.09. The third-order valence-electron chi connectivity index (χ3n) is 4.78. The lowest BCUT2D eigenvalue weighted by molar-refractivity contribution is 0.0497. The molecule has 0 bridgehead atoms. The molecule has 2 atom stereocenters. The summed E-state index contributed by atoms with van der Waals surface area (Å²) in [5, 5.41) is 3.59. The van der Waals surface area contributed by atoms with Gasteiger partial charge in [0.25, 0.3) is 0 Å². The second-order valence-electron chi connectivity index (χ2n) is 5.81. The lowest BCUT2D eigenvalue weighted by Gasteiger charge is -2.38. The topological polar surface area (TPSA) is 34.1 Å². The molecule has 0 radical (unpaired) electrons. The highest BCUT2D eigenvalue weighted by Crippen LogP contribution is 2.37. The molecule has 0 spiro atoms. The molecule has 1 aromatic heterocycles. The molecule has 1 aliphatic carbocycles. The van der Waals surface area contributed by atoms with Crippen LogP contribution in [0.15, 0.2) is 18.3 Å². The zero-order chi connectivity index (χ0) is 13.1. The second kappa shape index (κ2) is 6.02. The molecule has 2 unspecified atom stereocenters. The van der Waals surface area contributed by atoms with E-state index in [1.54, 1.807) is 0 Å². The highest BCUT2D eigenvalue weighted by molar-refractivity contribution is 5.27. The zero-order valence-electron chi connectivity index (χ0n) is 11.8. The average Bonchev–Trinajstić information content (AvgIpc) is 2.49. The molecular weight excluding hydrogens is 236 g/mol. The number of likely N-dealkylation sites (N-methyl/N-ethyl adjacent to an activating group) is 1. The Morgan fingerprint density at radius 2 is 2.16 bits per heavy atom. The third-order valence-corrected chi connectivity index (χ3v) is 4.78. The normalized spacial score (nSPS) is 25.8. The van der Waals surface area contributed by atoms with Crippen LogP contribution in [-0.2, 0) is 11.2 Å². The largest absolute Gasteiger partial charge is 0.381 e. The van der Waals surface area contributed by atoms with Crippen LogP contribution in [0.1, 0.15) is 42.9 Å². The van der Waals surface area contributed by atoms with Crippen molar-refractivity contribution < 1.29 is 4.74 Å². The molecule has 3 heteroatoms. The molecule has 0 aromatic carbocycles. The smallest absolute Gasteiger partial charge is 0.0482 e. The Balaban J connectivity index is 1.83. The maximum atomic E-state index is 5.51. The van der Waals surface area contributed by atoms with E-state index in [9.17, 15) is 0 Å². The van der Waals surface area contributed by atoms with E-state index < -0.39 is 0 Å². The van der Waals surface area contributed by atoms with E-state index in [0.717, 1.165) is 19.1 Å². The van der Waals surface area contributed by atoms with E-state index in [-0.39, 0.29) is 0 Å². The van der Waals surface area contributed by atoms with Gasteiger partial charge < -0.3 is 10.1 Å². The van der Waals surface area contributed by atoms with Crippen molar-refractivity contribution >= 4 is 0 Å². The fourth-order valence-electron chi connectivity index (χ4n) is 3.84. The van der Waals surface area contributed by atoms with E-state index in [0.29, 0.717) is 12.0 Å². The van der Waals surface area contributed by atoms with Crippen LogP contribution < -0.4 is 5.32 Å². The summed E-state index contributed by atoms with van der Waals surface area (Å²) in [5.41, 5.74) is 2.81. The predicted octanol–water partition coefficient (Wildman–Crippen LogP) is 2.52. The molecule has 1 N–H and O–H groups in total. The molecule has 0 amide bonds. The molecule has 1 aromatic rings. The van der Waals surface area contributed by atoms with Crippen molar-refractivity contribution in [1.82, 2.24) is 10.3 Å². The van der Waals surface area contributed by atoms with Gasteiger partial charge in [-0.15, -0.1) is 0 Å². The molecule has 0 saturated carbocycles. The summed E-state index contributed by atoms with van der Waals surface area (Å²) in [6.45, 7) is 1.84. The van der Waals surface area contributed by atoms with Crippen LogP contribution in [-0.4, -0.2) is 31.3 Å². The molecule has 1 saturated heterocycles. The average molecular weight is 260 g/mol. The van der Waals surface area contributed by atoms with E-state index in [1.807, 2.05) is 6.20 Å².